The lowest BCUT2D eigenvalue weighted by molar-refractivity contribution is 0.492. The fraction of sp³-hybridized carbons (Fsp3) is 0.438. The average molecular weight is 334 g/mol. The molecule has 1 aliphatic heterocycles. The fourth-order valence-electron chi connectivity index (χ4n) is 3.22. The number of benzene rings is 1. The van der Waals surface area contributed by atoms with Crippen molar-refractivity contribution in [3.63, 3.8) is 0 Å². The number of aromatic nitrogens is 1. The number of nitrogen functional groups attached to an aromatic ring is 1. The summed E-state index contributed by atoms with van der Waals surface area (Å²) in [6, 6.07) is 6.79. The number of anilines is 2. The van der Waals surface area contributed by atoms with Crippen LogP contribution in [0.1, 0.15) is 26.7 Å². The highest BCUT2D eigenvalue weighted by molar-refractivity contribution is 9.10. The summed E-state index contributed by atoms with van der Waals surface area (Å²) < 4.78 is 0.968. The molecule has 3 rings (SSSR count). The van der Waals surface area contributed by atoms with Crippen LogP contribution < -0.4 is 10.6 Å². The molecule has 4 heteroatoms. The van der Waals surface area contributed by atoms with E-state index in [1.807, 2.05) is 12.3 Å². The molecule has 1 aromatic carbocycles. The van der Waals surface area contributed by atoms with Crippen molar-refractivity contribution in [1.29, 1.82) is 0 Å². The number of nitrogens with two attached hydrogens (primary N) is 1. The van der Waals surface area contributed by atoms with Gasteiger partial charge in [-0.1, -0.05) is 13.8 Å². The van der Waals surface area contributed by atoms with Crippen LogP contribution in [0.15, 0.2) is 28.9 Å². The second-order valence-corrected chi connectivity index (χ2v) is 6.79. The molecule has 2 aromatic rings. The molecular weight excluding hydrogens is 314 g/mol. The number of hydrogen-bond acceptors (Lipinski definition) is 3. The van der Waals surface area contributed by atoms with Crippen LogP contribution in [-0.4, -0.2) is 17.6 Å². The van der Waals surface area contributed by atoms with Gasteiger partial charge in [-0.05, 0) is 52.9 Å². The van der Waals surface area contributed by atoms with E-state index in [2.05, 4.69) is 51.8 Å². The lowest BCUT2D eigenvalue weighted by atomic mass is 10.0. The lowest BCUT2D eigenvalue weighted by Gasteiger charge is -2.30. The van der Waals surface area contributed by atoms with E-state index in [0.29, 0.717) is 12.0 Å². The highest BCUT2D eigenvalue weighted by Gasteiger charge is 2.28. The molecule has 0 aliphatic carbocycles. The van der Waals surface area contributed by atoms with Gasteiger partial charge in [0.1, 0.15) is 0 Å². The molecule has 0 spiro atoms. The van der Waals surface area contributed by atoms with Gasteiger partial charge in [-0.15, -0.1) is 0 Å². The van der Waals surface area contributed by atoms with Crippen LogP contribution >= 0.6 is 15.9 Å². The zero-order chi connectivity index (χ0) is 14.3. The molecule has 3 nitrogen and oxygen atoms in total. The summed E-state index contributed by atoms with van der Waals surface area (Å²) in [5, 5.41) is 1.03. The van der Waals surface area contributed by atoms with E-state index >= 15 is 0 Å². The van der Waals surface area contributed by atoms with Gasteiger partial charge in [-0.3, -0.25) is 4.98 Å². The lowest BCUT2D eigenvalue weighted by Crippen LogP contribution is -2.33. The van der Waals surface area contributed by atoms with Crippen LogP contribution in [0.25, 0.3) is 10.9 Å². The molecule has 1 saturated heterocycles. The van der Waals surface area contributed by atoms with Gasteiger partial charge < -0.3 is 10.6 Å². The summed E-state index contributed by atoms with van der Waals surface area (Å²) in [7, 11) is 0. The normalized spacial score (nSPS) is 19.2. The van der Waals surface area contributed by atoms with Gasteiger partial charge >= 0.3 is 0 Å². The average Bonchev–Trinajstić information content (AvgIpc) is 2.89. The molecule has 1 aliphatic rings. The van der Waals surface area contributed by atoms with E-state index in [4.69, 9.17) is 5.73 Å². The van der Waals surface area contributed by atoms with Gasteiger partial charge in [0.25, 0.3) is 0 Å². The zero-order valence-electron chi connectivity index (χ0n) is 11.9. The summed E-state index contributed by atoms with van der Waals surface area (Å²) in [4.78, 5) is 7.12. The minimum atomic E-state index is 0.604. The van der Waals surface area contributed by atoms with Gasteiger partial charge in [-0.2, -0.15) is 0 Å². The van der Waals surface area contributed by atoms with Crippen LogP contribution in [0.5, 0.6) is 0 Å². The van der Waals surface area contributed by atoms with Gasteiger partial charge in [0.2, 0.25) is 0 Å². The maximum absolute atomic E-state index is 6.11. The standard InChI is InChI=1S/C16H20BrN3/c1-10(2)14-4-3-7-20(14)15-6-5-13(18)12-8-11(17)9-19-16(12)15/h5-6,8-10,14H,3-4,7,18H2,1-2H3. The third-order valence-corrected chi connectivity index (χ3v) is 4.64. The first kappa shape index (κ1) is 13.7. The highest BCUT2D eigenvalue weighted by atomic mass is 79.9. The maximum atomic E-state index is 6.11. The largest absolute Gasteiger partial charge is 0.398 e. The molecule has 2 heterocycles. The SMILES string of the molecule is CC(C)C1CCCN1c1ccc(N)c2cc(Br)cnc12. The Balaban J connectivity index is 2.14. The number of rotatable bonds is 2. The Bertz CT molecular complexity index is 639. The second kappa shape index (κ2) is 5.24. The van der Waals surface area contributed by atoms with Crippen molar-refractivity contribution in [2.75, 3.05) is 17.2 Å². The van der Waals surface area contributed by atoms with Crippen LogP contribution in [0.3, 0.4) is 0 Å². The van der Waals surface area contributed by atoms with Crippen molar-refractivity contribution in [3.05, 3.63) is 28.9 Å². The third-order valence-electron chi connectivity index (χ3n) is 4.21. The van der Waals surface area contributed by atoms with Crippen molar-refractivity contribution >= 4 is 38.2 Å². The molecule has 1 unspecified atom stereocenters. The predicted octanol–water partition coefficient (Wildman–Crippen LogP) is 4.20. The minimum Gasteiger partial charge on any atom is -0.398 e. The van der Waals surface area contributed by atoms with Crippen LogP contribution in [0.4, 0.5) is 11.4 Å². The van der Waals surface area contributed by atoms with Gasteiger partial charge in [-0.25, -0.2) is 0 Å². The fourth-order valence-corrected chi connectivity index (χ4v) is 3.55. The van der Waals surface area contributed by atoms with Crippen LogP contribution in [0.2, 0.25) is 0 Å². The molecule has 2 N–H and O–H groups in total. The van der Waals surface area contributed by atoms with Gasteiger partial charge in [0, 0.05) is 34.3 Å². The Morgan fingerprint density at radius 1 is 1.40 bits per heavy atom. The Kier molecular flexibility index (Phi) is 3.59. The Hall–Kier alpha value is -1.29. The quantitative estimate of drug-likeness (QED) is 0.837. The van der Waals surface area contributed by atoms with Crippen molar-refractivity contribution in [1.82, 2.24) is 4.98 Å². The smallest absolute Gasteiger partial charge is 0.0956 e. The monoisotopic (exact) mass is 333 g/mol. The maximum Gasteiger partial charge on any atom is 0.0956 e. The number of hydrogen-bond donors (Lipinski definition) is 1. The van der Waals surface area contributed by atoms with Gasteiger partial charge in [0.15, 0.2) is 0 Å². The topological polar surface area (TPSA) is 42.1 Å². The molecule has 0 saturated carbocycles. The van der Waals surface area contributed by atoms with E-state index in [0.717, 1.165) is 27.6 Å². The Morgan fingerprint density at radius 3 is 2.95 bits per heavy atom. The Morgan fingerprint density at radius 2 is 2.20 bits per heavy atom. The van der Waals surface area contributed by atoms with E-state index in [-0.39, 0.29) is 0 Å². The van der Waals surface area contributed by atoms with Gasteiger partial charge in [0.05, 0.1) is 11.2 Å². The summed E-state index contributed by atoms with van der Waals surface area (Å²) >= 11 is 3.48. The molecule has 0 bridgehead atoms. The molecule has 0 amide bonds. The molecular formula is C16H20BrN3. The predicted molar refractivity (Wildman–Crippen MR) is 89.1 cm³/mol. The second-order valence-electron chi connectivity index (χ2n) is 5.87. The summed E-state index contributed by atoms with van der Waals surface area (Å²) in [6.07, 6.45) is 4.37. The summed E-state index contributed by atoms with van der Waals surface area (Å²) in [6.45, 7) is 5.71. The van der Waals surface area contributed by atoms with Crippen molar-refractivity contribution in [2.24, 2.45) is 5.92 Å². The first-order chi connectivity index (χ1) is 9.58. The third kappa shape index (κ3) is 2.26. The number of nitrogens with zero attached hydrogens (tertiary/aromatic N) is 2. The first-order valence-electron chi connectivity index (χ1n) is 7.18. The molecule has 1 aromatic heterocycles. The highest BCUT2D eigenvalue weighted by Crippen LogP contribution is 2.36. The summed E-state index contributed by atoms with van der Waals surface area (Å²) in [5.74, 6) is 0.653. The molecule has 1 atom stereocenters. The van der Waals surface area contributed by atoms with E-state index < -0.39 is 0 Å². The van der Waals surface area contributed by atoms with E-state index in [9.17, 15) is 0 Å². The van der Waals surface area contributed by atoms with Crippen LogP contribution in [-0.2, 0) is 0 Å². The van der Waals surface area contributed by atoms with Crippen molar-refractivity contribution in [3.8, 4) is 0 Å². The van der Waals surface area contributed by atoms with E-state index in [1.54, 1.807) is 0 Å². The van der Waals surface area contributed by atoms with Crippen molar-refractivity contribution in [2.45, 2.75) is 32.7 Å². The zero-order valence-corrected chi connectivity index (χ0v) is 13.5. The first-order valence-corrected chi connectivity index (χ1v) is 7.97. The van der Waals surface area contributed by atoms with Crippen LogP contribution in [0, 0.1) is 5.92 Å². The minimum absolute atomic E-state index is 0.604. The molecule has 0 radical (unpaired) electrons. The number of halogens is 1. The van der Waals surface area contributed by atoms with E-state index in [1.165, 1.54) is 18.5 Å². The molecule has 1 fully saturated rings. The number of pyridine rings is 1. The number of fused-ring (bicyclic) bond motifs is 1. The summed E-state index contributed by atoms with van der Waals surface area (Å²) in [5.41, 5.74) is 9.13. The Labute approximate surface area is 128 Å². The molecule has 106 valence electrons. The van der Waals surface area contributed by atoms with Crippen molar-refractivity contribution < 1.29 is 0 Å². The molecule has 20 heavy (non-hydrogen) atoms.